The van der Waals surface area contributed by atoms with Gasteiger partial charge in [0.1, 0.15) is 0 Å². The van der Waals surface area contributed by atoms with E-state index < -0.39 is 5.92 Å². The van der Waals surface area contributed by atoms with E-state index >= 15 is 0 Å². The van der Waals surface area contributed by atoms with E-state index in [1.54, 1.807) is 0 Å². The summed E-state index contributed by atoms with van der Waals surface area (Å²) in [5.41, 5.74) is 0. The van der Waals surface area contributed by atoms with Crippen LogP contribution in [0.4, 0.5) is 8.78 Å². The van der Waals surface area contributed by atoms with Gasteiger partial charge in [-0.3, -0.25) is 0 Å². The largest absolute Gasteiger partial charge is 0.381 e. The van der Waals surface area contributed by atoms with Crippen molar-refractivity contribution in [3.8, 4) is 0 Å². The maximum Gasteiger partial charge on any atom is 0.248 e. The quantitative estimate of drug-likeness (QED) is 0.409. The molecule has 2 fully saturated rings. The van der Waals surface area contributed by atoms with Crippen molar-refractivity contribution in [1.82, 2.24) is 0 Å². The van der Waals surface area contributed by atoms with Crippen LogP contribution in [0.15, 0.2) is 0 Å². The van der Waals surface area contributed by atoms with Gasteiger partial charge in [-0.1, -0.05) is 45.2 Å². The summed E-state index contributed by atoms with van der Waals surface area (Å²) in [6.45, 7) is 2.29. The zero-order valence-corrected chi connectivity index (χ0v) is 15.1. The van der Waals surface area contributed by atoms with E-state index in [1.165, 1.54) is 0 Å². The van der Waals surface area contributed by atoms with Crippen LogP contribution in [0.2, 0.25) is 0 Å². The van der Waals surface area contributed by atoms with Gasteiger partial charge in [0, 0.05) is 34.9 Å². The Morgan fingerprint density at radius 2 is 1.16 bits per heavy atom. The molecule has 0 bridgehead atoms. The molecule has 0 spiro atoms. The summed E-state index contributed by atoms with van der Waals surface area (Å²) < 4.78 is 41.0. The summed E-state index contributed by atoms with van der Waals surface area (Å²) >= 11 is 4.54. The highest BCUT2D eigenvalue weighted by Crippen LogP contribution is 2.39. The van der Waals surface area contributed by atoms with E-state index in [9.17, 15) is 8.78 Å². The van der Waals surface area contributed by atoms with Crippen LogP contribution < -0.4 is 0 Å². The highest BCUT2D eigenvalue weighted by Gasteiger charge is 2.42. The Bertz CT molecular complexity index is 266. The van der Waals surface area contributed by atoms with E-state index in [4.69, 9.17) is 9.47 Å². The predicted molar refractivity (Wildman–Crippen MR) is 87.6 cm³/mol. The SMILES string of the molecule is FC(F)(CC1COCC1CI)CC1COCC1CI. The molecular weight excluding hydrogens is 480 g/mol. The minimum atomic E-state index is -2.58. The van der Waals surface area contributed by atoms with Crippen molar-refractivity contribution in [2.75, 3.05) is 35.3 Å². The molecule has 2 heterocycles. The van der Waals surface area contributed by atoms with Crippen LogP contribution >= 0.6 is 45.2 Å². The topological polar surface area (TPSA) is 18.5 Å². The molecule has 2 aliphatic heterocycles. The van der Waals surface area contributed by atoms with Crippen LogP contribution in [-0.2, 0) is 9.47 Å². The Morgan fingerprint density at radius 3 is 1.53 bits per heavy atom. The fourth-order valence-electron chi connectivity index (χ4n) is 2.93. The number of hydrogen-bond acceptors (Lipinski definition) is 2. The smallest absolute Gasteiger partial charge is 0.248 e. The molecule has 2 saturated heterocycles. The van der Waals surface area contributed by atoms with Gasteiger partial charge < -0.3 is 9.47 Å². The Balaban J connectivity index is 1.87. The lowest BCUT2D eigenvalue weighted by atomic mass is 9.85. The van der Waals surface area contributed by atoms with E-state index in [0.29, 0.717) is 38.3 Å². The first-order valence-corrected chi connectivity index (χ1v) is 9.76. The van der Waals surface area contributed by atoms with Crippen LogP contribution in [0.3, 0.4) is 0 Å². The second-order valence-corrected chi connectivity index (χ2v) is 7.45. The maximum absolute atomic E-state index is 14.2. The Morgan fingerprint density at radius 1 is 0.789 bits per heavy atom. The van der Waals surface area contributed by atoms with Crippen LogP contribution in [-0.4, -0.2) is 41.2 Å². The lowest BCUT2D eigenvalue weighted by Gasteiger charge is -2.26. The van der Waals surface area contributed by atoms with Gasteiger partial charge in [0.2, 0.25) is 5.92 Å². The summed E-state index contributed by atoms with van der Waals surface area (Å²) in [5, 5.41) is 0. The Kier molecular flexibility index (Phi) is 6.54. The molecule has 4 atom stereocenters. The molecule has 112 valence electrons. The first-order chi connectivity index (χ1) is 9.05. The number of ether oxygens (including phenoxy) is 2. The fourth-order valence-corrected chi connectivity index (χ4v) is 4.88. The molecule has 6 heteroatoms. The van der Waals surface area contributed by atoms with Crippen LogP contribution in [0.5, 0.6) is 0 Å². The highest BCUT2D eigenvalue weighted by atomic mass is 127. The molecule has 4 unspecified atom stereocenters. The normalized spacial score (nSPS) is 36.0. The van der Waals surface area contributed by atoms with Crippen molar-refractivity contribution >= 4 is 45.2 Å². The van der Waals surface area contributed by atoms with Crippen LogP contribution in [0.25, 0.3) is 0 Å². The van der Waals surface area contributed by atoms with Crippen molar-refractivity contribution < 1.29 is 18.3 Å². The summed E-state index contributed by atoms with van der Waals surface area (Å²) in [7, 11) is 0. The molecule has 0 aliphatic carbocycles. The molecule has 0 amide bonds. The second-order valence-electron chi connectivity index (χ2n) is 5.69. The van der Waals surface area contributed by atoms with Gasteiger partial charge >= 0.3 is 0 Å². The van der Waals surface area contributed by atoms with Crippen LogP contribution in [0, 0.1) is 23.7 Å². The van der Waals surface area contributed by atoms with Gasteiger partial charge in [-0.15, -0.1) is 0 Å². The minimum absolute atomic E-state index is 0.0206. The number of rotatable bonds is 6. The predicted octanol–water partition coefficient (Wildman–Crippen LogP) is 3.80. The lowest BCUT2D eigenvalue weighted by molar-refractivity contribution is -0.0510. The van der Waals surface area contributed by atoms with E-state index in [0.717, 1.165) is 8.86 Å². The molecule has 0 N–H and O–H groups in total. The molecule has 0 aromatic carbocycles. The van der Waals surface area contributed by atoms with Gasteiger partial charge in [-0.2, -0.15) is 0 Å². The molecule has 0 aromatic heterocycles. The number of alkyl halides is 4. The van der Waals surface area contributed by atoms with Gasteiger partial charge in [0.15, 0.2) is 0 Å². The highest BCUT2D eigenvalue weighted by molar-refractivity contribution is 14.1. The van der Waals surface area contributed by atoms with E-state index in [-0.39, 0.29) is 24.7 Å². The first kappa shape index (κ1) is 16.6. The summed E-state index contributed by atoms with van der Waals surface area (Å²) in [4.78, 5) is 0. The van der Waals surface area contributed by atoms with Gasteiger partial charge in [0.25, 0.3) is 0 Å². The maximum atomic E-state index is 14.2. The molecule has 0 saturated carbocycles. The molecule has 0 radical (unpaired) electrons. The van der Waals surface area contributed by atoms with E-state index in [1.807, 2.05) is 0 Å². The van der Waals surface area contributed by atoms with Crippen molar-refractivity contribution in [2.45, 2.75) is 18.8 Å². The van der Waals surface area contributed by atoms with Crippen molar-refractivity contribution in [3.05, 3.63) is 0 Å². The average molecular weight is 500 g/mol. The standard InChI is InChI=1S/C13H20F2I2O2/c14-13(15,1-9-5-18-7-11(9)3-16)2-10-6-19-8-12(10)4-17/h9-12H,1-8H2. The summed E-state index contributed by atoms with van der Waals surface area (Å²) in [6, 6.07) is 0. The number of halogens is 4. The summed E-state index contributed by atoms with van der Waals surface area (Å²) in [6.07, 6.45) is -0.0454. The zero-order valence-electron chi connectivity index (χ0n) is 10.8. The molecule has 19 heavy (non-hydrogen) atoms. The minimum Gasteiger partial charge on any atom is -0.381 e. The Hall–Kier alpha value is 1.24. The second kappa shape index (κ2) is 7.49. The molecule has 2 aliphatic rings. The average Bonchev–Trinajstić information content (AvgIpc) is 2.96. The van der Waals surface area contributed by atoms with Crippen molar-refractivity contribution in [1.29, 1.82) is 0 Å². The van der Waals surface area contributed by atoms with Gasteiger partial charge in [-0.05, 0) is 23.7 Å². The fraction of sp³-hybridized carbons (Fsp3) is 1.00. The first-order valence-electron chi connectivity index (χ1n) is 6.71. The molecule has 2 rings (SSSR count). The van der Waals surface area contributed by atoms with Crippen LogP contribution in [0.1, 0.15) is 12.8 Å². The third-order valence-electron chi connectivity index (χ3n) is 4.18. The molecule has 2 nitrogen and oxygen atoms in total. The summed E-state index contributed by atoms with van der Waals surface area (Å²) in [5.74, 6) is -1.94. The molecule has 0 aromatic rings. The zero-order chi connectivity index (χ0) is 13.9. The molecular formula is C13H20F2I2O2. The van der Waals surface area contributed by atoms with Gasteiger partial charge in [0.05, 0.1) is 13.2 Å². The number of hydrogen-bond donors (Lipinski definition) is 0. The van der Waals surface area contributed by atoms with Crippen molar-refractivity contribution in [2.24, 2.45) is 23.7 Å². The lowest BCUT2D eigenvalue weighted by Crippen LogP contribution is -2.30. The third-order valence-corrected chi connectivity index (χ3v) is 6.44. The van der Waals surface area contributed by atoms with Crippen molar-refractivity contribution in [3.63, 3.8) is 0 Å². The Labute approximate surface area is 140 Å². The van der Waals surface area contributed by atoms with E-state index in [2.05, 4.69) is 45.2 Å². The third kappa shape index (κ3) is 4.60. The monoisotopic (exact) mass is 500 g/mol. The van der Waals surface area contributed by atoms with Gasteiger partial charge in [-0.25, -0.2) is 8.78 Å².